The number of benzene rings is 3. The zero-order valence-electron chi connectivity index (χ0n) is 21.0. The van der Waals surface area contributed by atoms with Gasteiger partial charge in [-0.3, -0.25) is 4.79 Å². The van der Waals surface area contributed by atoms with Crippen molar-refractivity contribution >= 4 is 22.7 Å². The summed E-state index contributed by atoms with van der Waals surface area (Å²) in [5, 5.41) is 0.995. The van der Waals surface area contributed by atoms with E-state index >= 15 is 0 Å². The van der Waals surface area contributed by atoms with Gasteiger partial charge in [-0.1, -0.05) is 72.8 Å². The minimum atomic E-state index is -0.666. The number of esters is 1. The average Bonchev–Trinajstić information content (AvgIpc) is 3.13. The third-order valence-electron chi connectivity index (χ3n) is 6.92. The van der Waals surface area contributed by atoms with Crippen LogP contribution in [0, 0.1) is 0 Å². The fourth-order valence-electron chi connectivity index (χ4n) is 5.24. The van der Waals surface area contributed by atoms with Crippen LogP contribution in [0.15, 0.2) is 78.9 Å². The Morgan fingerprint density at radius 1 is 0.886 bits per heavy atom. The van der Waals surface area contributed by atoms with E-state index in [-0.39, 0.29) is 18.2 Å². The van der Waals surface area contributed by atoms with Crippen LogP contribution >= 0.6 is 0 Å². The highest BCUT2D eigenvalue weighted by atomic mass is 16.6. The smallest absolute Gasteiger partial charge is 0.355 e. The molecule has 0 fully saturated rings. The maximum absolute atomic E-state index is 13.8. The number of Topliss-reactive ketones (excluding diaryl/α,β-unsaturated/α-hetero) is 1. The van der Waals surface area contributed by atoms with Gasteiger partial charge in [0.15, 0.2) is 0 Å². The number of nitrogens with zero attached hydrogens (tertiary/aromatic N) is 1. The number of hydrogen-bond acceptors (Lipinski definition) is 3. The minimum absolute atomic E-state index is 0.107. The molecule has 0 atom stereocenters. The van der Waals surface area contributed by atoms with E-state index in [1.54, 1.807) is 0 Å². The molecule has 35 heavy (non-hydrogen) atoms. The monoisotopic (exact) mass is 465 g/mol. The fourth-order valence-corrected chi connectivity index (χ4v) is 5.24. The van der Waals surface area contributed by atoms with E-state index in [4.69, 9.17) is 4.74 Å². The van der Waals surface area contributed by atoms with E-state index in [1.165, 1.54) is 0 Å². The molecule has 0 aliphatic heterocycles. The molecule has 178 valence electrons. The molecule has 0 saturated carbocycles. The average molecular weight is 466 g/mol. The minimum Gasteiger partial charge on any atom is -0.455 e. The van der Waals surface area contributed by atoms with Crippen LogP contribution in [-0.2, 0) is 21.4 Å². The first-order chi connectivity index (χ1) is 16.6. The molecule has 4 nitrogen and oxygen atoms in total. The Balaban J connectivity index is 1.91. The second-order valence-electron chi connectivity index (χ2n) is 10.8. The molecule has 0 saturated heterocycles. The Morgan fingerprint density at radius 2 is 1.46 bits per heavy atom. The topological polar surface area (TPSA) is 48.3 Å². The first-order valence-electron chi connectivity index (χ1n) is 12.1. The quantitative estimate of drug-likeness (QED) is 0.318. The molecule has 1 aliphatic rings. The van der Waals surface area contributed by atoms with Crippen LogP contribution in [0.3, 0.4) is 0 Å². The van der Waals surface area contributed by atoms with Crippen molar-refractivity contribution in [3.8, 4) is 0 Å². The van der Waals surface area contributed by atoms with Gasteiger partial charge >= 0.3 is 5.97 Å². The number of ether oxygens (including phenoxy) is 1. The third-order valence-corrected chi connectivity index (χ3v) is 6.92. The summed E-state index contributed by atoms with van der Waals surface area (Å²) in [6.07, 6.45) is 0.207. The van der Waals surface area contributed by atoms with Crippen molar-refractivity contribution in [3.05, 3.63) is 107 Å². The summed E-state index contributed by atoms with van der Waals surface area (Å²) in [7, 11) is 0. The molecule has 1 aliphatic carbocycles. The van der Waals surface area contributed by atoms with E-state index in [2.05, 4.69) is 34.9 Å². The molecule has 0 unspecified atom stereocenters. The maximum Gasteiger partial charge on any atom is 0.355 e. The predicted octanol–water partition coefficient (Wildman–Crippen LogP) is 6.64. The van der Waals surface area contributed by atoms with Gasteiger partial charge in [-0.2, -0.15) is 0 Å². The molecule has 5 rings (SSSR count). The van der Waals surface area contributed by atoms with Gasteiger partial charge in [-0.05, 0) is 57.4 Å². The number of carbonyl (C=O) groups excluding carboxylic acids is 2. The first-order valence-corrected chi connectivity index (χ1v) is 12.1. The number of carbonyl (C=O) groups is 2. The zero-order chi connectivity index (χ0) is 25.0. The lowest BCUT2D eigenvalue weighted by Crippen LogP contribution is -2.34. The van der Waals surface area contributed by atoms with Gasteiger partial charge in [0, 0.05) is 22.8 Å². The van der Waals surface area contributed by atoms with Gasteiger partial charge in [0.05, 0.1) is 11.6 Å². The van der Waals surface area contributed by atoms with Crippen LogP contribution in [0.2, 0.25) is 0 Å². The largest absolute Gasteiger partial charge is 0.455 e. The molecule has 0 bridgehead atoms. The van der Waals surface area contributed by atoms with Gasteiger partial charge in [-0.15, -0.1) is 0 Å². The molecule has 3 aromatic carbocycles. The molecular weight excluding hydrogens is 434 g/mol. The van der Waals surface area contributed by atoms with Crippen molar-refractivity contribution in [3.63, 3.8) is 0 Å². The Morgan fingerprint density at radius 3 is 2.00 bits per heavy atom. The molecule has 0 amide bonds. The summed E-state index contributed by atoms with van der Waals surface area (Å²) in [5.74, 6) is -0.296. The molecular formula is C31H31NO3. The number of hydrogen-bond donors (Lipinski definition) is 0. The highest BCUT2D eigenvalue weighted by Crippen LogP contribution is 2.44. The van der Waals surface area contributed by atoms with Crippen LogP contribution in [0.25, 0.3) is 10.9 Å². The maximum atomic E-state index is 13.8. The van der Waals surface area contributed by atoms with Crippen LogP contribution in [-0.4, -0.2) is 21.9 Å². The number of aromatic nitrogens is 1. The van der Waals surface area contributed by atoms with Crippen molar-refractivity contribution in [1.29, 1.82) is 0 Å². The highest BCUT2D eigenvalue weighted by Gasteiger charge is 2.41. The highest BCUT2D eigenvalue weighted by molar-refractivity contribution is 6.09. The number of ketones is 1. The van der Waals surface area contributed by atoms with Crippen LogP contribution < -0.4 is 0 Å². The summed E-state index contributed by atoms with van der Waals surface area (Å²) in [6, 6.07) is 26.2. The summed E-state index contributed by atoms with van der Waals surface area (Å²) in [6.45, 7) is 9.56. The van der Waals surface area contributed by atoms with Crippen molar-refractivity contribution in [2.45, 2.75) is 58.1 Å². The van der Waals surface area contributed by atoms with Crippen molar-refractivity contribution < 1.29 is 14.3 Å². The molecule has 0 spiro atoms. The van der Waals surface area contributed by atoms with Crippen molar-refractivity contribution in [1.82, 2.24) is 4.57 Å². The Labute approximate surface area is 206 Å². The van der Waals surface area contributed by atoms with E-state index in [9.17, 15) is 9.59 Å². The summed E-state index contributed by atoms with van der Waals surface area (Å²) in [4.78, 5) is 27.2. The van der Waals surface area contributed by atoms with E-state index in [1.807, 2.05) is 83.1 Å². The lowest BCUT2D eigenvalue weighted by atomic mass is 9.72. The van der Waals surface area contributed by atoms with Gasteiger partial charge < -0.3 is 9.30 Å². The Kier molecular flexibility index (Phi) is 5.43. The molecule has 4 aromatic rings. The van der Waals surface area contributed by atoms with E-state index < -0.39 is 17.0 Å². The molecule has 1 heterocycles. The number of rotatable bonds is 4. The van der Waals surface area contributed by atoms with Gasteiger partial charge in [0.2, 0.25) is 0 Å². The summed E-state index contributed by atoms with van der Waals surface area (Å²) < 4.78 is 8.04. The SMILES string of the molecule is CC(C)(C)OC(=O)c1c2c3c(cccc3n1C(c1ccccc1)c1ccccc1)C(C)(C)C(=O)C2. The summed E-state index contributed by atoms with van der Waals surface area (Å²) >= 11 is 0. The van der Waals surface area contributed by atoms with E-state index in [0.717, 1.165) is 33.2 Å². The third kappa shape index (κ3) is 3.87. The van der Waals surface area contributed by atoms with Crippen LogP contribution in [0.1, 0.15) is 73.4 Å². The second-order valence-corrected chi connectivity index (χ2v) is 10.8. The standard InChI is InChI=1S/C31H31NO3/c1-30(2,3)35-29(34)28-22-19-25(33)31(4,5)23-17-12-18-24(26(22)23)32(28)27(20-13-8-6-9-14-20)21-15-10-7-11-16-21/h6-18,27H,19H2,1-5H3. The van der Waals surface area contributed by atoms with Crippen LogP contribution in [0.4, 0.5) is 0 Å². The Hall–Kier alpha value is -3.66. The lowest BCUT2D eigenvalue weighted by Gasteiger charge is -2.29. The van der Waals surface area contributed by atoms with Gasteiger partial charge in [0.25, 0.3) is 0 Å². The zero-order valence-corrected chi connectivity index (χ0v) is 21.0. The summed E-state index contributed by atoms with van der Waals surface area (Å²) in [5.41, 5.74) is 3.96. The van der Waals surface area contributed by atoms with Gasteiger partial charge in [-0.25, -0.2) is 4.79 Å². The molecule has 4 heteroatoms. The predicted molar refractivity (Wildman–Crippen MR) is 139 cm³/mol. The normalized spacial score (nSPS) is 15.0. The van der Waals surface area contributed by atoms with Gasteiger partial charge in [0.1, 0.15) is 17.1 Å². The van der Waals surface area contributed by atoms with E-state index in [0.29, 0.717) is 5.69 Å². The molecule has 1 aromatic heterocycles. The second kappa shape index (κ2) is 8.23. The Bertz CT molecular complexity index is 1380. The lowest BCUT2D eigenvalue weighted by molar-refractivity contribution is -0.123. The fraction of sp³-hybridized carbons (Fsp3) is 0.290. The van der Waals surface area contributed by atoms with Crippen molar-refractivity contribution in [2.75, 3.05) is 0 Å². The van der Waals surface area contributed by atoms with Crippen LogP contribution in [0.5, 0.6) is 0 Å². The molecule has 0 radical (unpaired) electrons. The first kappa shape index (κ1) is 23.1. The molecule has 0 N–H and O–H groups in total. The van der Waals surface area contributed by atoms with Crippen molar-refractivity contribution in [2.24, 2.45) is 0 Å².